The van der Waals surface area contributed by atoms with E-state index in [9.17, 15) is 5.11 Å². The van der Waals surface area contributed by atoms with E-state index in [4.69, 9.17) is 5.73 Å². The maximum Gasteiger partial charge on any atom is 0.125 e. The summed E-state index contributed by atoms with van der Waals surface area (Å²) in [5.74, 6) is 0.371. The Bertz CT molecular complexity index is 687. The van der Waals surface area contributed by atoms with Crippen molar-refractivity contribution in [2.24, 2.45) is 0 Å². The lowest BCUT2D eigenvalue weighted by molar-refractivity contribution is 0.222. The average Bonchev–Trinajstić information content (AvgIpc) is 2.83. The molecule has 0 aliphatic carbocycles. The Morgan fingerprint density at radius 1 is 1.17 bits per heavy atom. The number of benzene rings is 1. The first-order valence-electron chi connectivity index (χ1n) is 5.58. The average molecular weight is 240 g/mol. The van der Waals surface area contributed by atoms with E-state index in [0.717, 1.165) is 16.5 Å². The highest BCUT2D eigenvalue weighted by Gasteiger charge is 2.17. The van der Waals surface area contributed by atoms with Gasteiger partial charge in [-0.3, -0.25) is 10.1 Å². The van der Waals surface area contributed by atoms with Crippen LogP contribution >= 0.6 is 0 Å². The van der Waals surface area contributed by atoms with Crippen molar-refractivity contribution < 1.29 is 5.11 Å². The summed E-state index contributed by atoms with van der Waals surface area (Å²) in [6.45, 7) is 0. The van der Waals surface area contributed by atoms with Gasteiger partial charge >= 0.3 is 0 Å². The number of aliphatic hydroxyl groups is 1. The first-order valence-corrected chi connectivity index (χ1v) is 5.58. The number of rotatable bonds is 2. The molecule has 0 saturated heterocycles. The molecule has 0 aliphatic rings. The molecule has 5 heteroatoms. The third-order valence-corrected chi connectivity index (χ3v) is 2.95. The lowest BCUT2D eigenvalue weighted by atomic mass is 10.0. The van der Waals surface area contributed by atoms with Crippen molar-refractivity contribution in [1.29, 1.82) is 0 Å². The molecule has 5 nitrogen and oxygen atoms in total. The van der Waals surface area contributed by atoms with E-state index in [1.807, 2.05) is 30.3 Å². The number of pyridine rings is 1. The van der Waals surface area contributed by atoms with E-state index >= 15 is 0 Å². The van der Waals surface area contributed by atoms with Crippen molar-refractivity contribution >= 4 is 16.7 Å². The normalized spacial score (nSPS) is 12.7. The molecule has 0 radical (unpaired) electrons. The topological polar surface area (TPSA) is 87.8 Å². The highest BCUT2D eigenvalue weighted by atomic mass is 16.3. The van der Waals surface area contributed by atoms with Crippen molar-refractivity contribution in [3.05, 3.63) is 53.9 Å². The predicted octanol–water partition coefficient (Wildman–Crippen LogP) is 1.62. The zero-order chi connectivity index (χ0) is 12.5. The number of nitrogens with one attached hydrogen (secondary N) is 1. The van der Waals surface area contributed by atoms with E-state index in [2.05, 4.69) is 15.2 Å². The largest absolute Gasteiger partial charge is 0.384 e. The van der Waals surface area contributed by atoms with Gasteiger partial charge in [-0.15, -0.1) is 0 Å². The molecular formula is C13H12N4O. The van der Waals surface area contributed by atoms with Gasteiger partial charge in [-0.1, -0.05) is 24.3 Å². The zero-order valence-corrected chi connectivity index (χ0v) is 9.54. The van der Waals surface area contributed by atoms with Crippen molar-refractivity contribution in [3.63, 3.8) is 0 Å². The van der Waals surface area contributed by atoms with Gasteiger partial charge in [-0.2, -0.15) is 5.10 Å². The molecule has 18 heavy (non-hydrogen) atoms. The summed E-state index contributed by atoms with van der Waals surface area (Å²) in [5.41, 5.74) is 7.78. The quantitative estimate of drug-likeness (QED) is 0.635. The van der Waals surface area contributed by atoms with Crippen molar-refractivity contribution in [2.75, 3.05) is 5.73 Å². The van der Waals surface area contributed by atoms with Crippen LogP contribution in [0, 0.1) is 0 Å². The second kappa shape index (κ2) is 4.12. The van der Waals surface area contributed by atoms with Crippen LogP contribution in [0.5, 0.6) is 0 Å². The van der Waals surface area contributed by atoms with Gasteiger partial charge in [0.25, 0.3) is 0 Å². The Labute approximate surface area is 103 Å². The van der Waals surface area contributed by atoms with Crippen LogP contribution in [0.2, 0.25) is 0 Å². The molecular weight excluding hydrogens is 228 g/mol. The first-order chi connectivity index (χ1) is 8.77. The Balaban J connectivity index is 2.18. The van der Waals surface area contributed by atoms with Crippen LogP contribution in [-0.4, -0.2) is 20.3 Å². The number of para-hydroxylation sites is 1. The van der Waals surface area contributed by atoms with Gasteiger partial charge in [0.15, 0.2) is 0 Å². The standard InChI is InChI=1S/C13H12N4O/c14-13-10(7-16-17-13)12(18)9-5-1-3-8-4-2-6-15-11(8)9/h1-7,12,18H,(H3,14,16,17). The number of aliphatic hydroxyl groups excluding tert-OH is 1. The minimum Gasteiger partial charge on any atom is -0.384 e. The van der Waals surface area contributed by atoms with Crippen LogP contribution in [0.3, 0.4) is 0 Å². The second-order valence-corrected chi connectivity index (χ2v) is 4.06. The summed E-state index contributed by atoms with van der Waals surface area (Å²) < 4.78 is 0. The number of H-pyrrole nitrogens is 1. The van der Waals surface area contributed by atoms with Gasteiger partial charge in [-0.05, 0) is 6.07 Å². The van der Waals surface area contributed by atoms with Gasteiger partial charge < -0.3 is 10.8 Å². The molecule has 1 unspecified atom stereocenters. The second-order valence-electron chi connectivity index (χ2n) is 4.06. The molecule has 0 spiro atoms. The molecule has 3 aromatic rings. The summed E-state index contributed by atoms with van der Waals surface area (Å²) in [4.78, 5) is 4.31. The smallest absolute Gasteiger partial charge is 0.125 e. The monoisotopic (exact) mass is 240 g/mol. The molecule has 1 aromatic carbocycles. The number of fused-ring (bicyclic) bond motifs is 1. The van der Waals surface area contributed by atoms with Crippen LogP contribution in [-0.2, 0) is 0 Å². The number of hydrogen-bond donors (Lipinski definition) is 3. The lowest BCUT2D eigenvalue weighted by Crippen LogP contribution is -2.03. The molecule has 1 atom stereocenters. The van der Waals surface area contributed by atoms with E-state index in [0.29, 0.717) is 11.4 Å². The van der Waals surface area contributed by atoms with Crippen LogP contribution < -0.4 is 5.73 Å². The molecule has 0 fully saturated rings. The zero-order valence-electron chi connectivity index (χ0n) is 9.54. The molecule has 0 amide bonds. The van der Waals surface area contributed by atoms with E-state index in [-0.39, 0.29) is 0 Å². The van der Waals surface area contributed by atoms with Crippen molar-refractivity contribution in [2.45, 2.75) is 6.10 Å². The first kappa shape index (κ1) is 10.7. The van der Waals surface area contributed by atoms with E-state index in [1.165, 1.54) is 6.20 Å². The Kier molecular flexibility index (Phi) is 2.46. The maximum absolute atomic E-state index is 10.4. The number of aromatic nitrogens is 3. The van der Waals surface area contributed by atoms with E-state index in [1.54, 1.807) is 6.20 Å². The van der Waals surface area contributed by atoms with Crippen LogP contribution in [0.25, 0.3) is 10.9 Å². The Hall–Kier alpha value is -2.40. The van der Waals surface area contributed by atoms with Crippen LogP contribution in [0.4, 0.5) is 5.82 Å². The molecule has 0 bridgehead atoms. The minimum absolute atomic E-state index is 0.371. The molecule has 2 heterocycles. The number of nitrogens with zero attached hydrogens (tertiary/aromatic N) is 2. The van der Waals surface area contributed by atoms with E-state index < -0.39 is 6.10 Å². The predicted molar refractivity (Wildman–Crippen MR) is 68.8 cm³/mol. The van der Waals surface area contributed by atoms with Gasteiger partial charge in [0.2, 0.25) is 0 Å². The molecule has 4 N–H and O–H groups in total. The maximum atomic E-state index is 10.4. The van der Waals surface area contributed by atoms with Crippen LogP contribution in [0.1, 0.15) is 17.2 Å². The summed E-state index contributed by atoms with van der Waals surface area (Å²) in [5, 5.41) is 17.8. The van der Waals surface area contributed by atoms with Gasteiger partial charge in [-0.25, -0.2) is 0 Å². The third-order valence-electron chi connectivity index (χ3n) is 2.95. The molecule has 90 valence electrons. The van der Waals surface area contributed by atoms with Crippen LogP contribution in [0.15, 0.2) is 42.7 Å². The fraction of sp³-hybridized carbons (Fsp3) is 0.0769. The molecule has 0 aliphatic heterocycles. The summed E-state index contributed by atoms with van der Waals surface area (Å²) in [7, 11) is 0. The molecule has 2 aromatic heterocycles. The fourth-order valence-corrected chi connectivity index (χ4v) is 2.04. The number of hydrogen-bond acceptors (Lipinski definition) is 4. The highest BCUT2D eigenvalue weighted by molar-refractivity contribution is 5.82. The number of nitrogens with two attached hydrogens (primary N) is 1. The van der Waals surface area contributed by atoms with Gasteiger partial charge in [0, 0.05) is 22.7 Å². The highest BCUT2D eigenvalue weighted by Crippen LogP contribution is 2.29. The lowest BCUT2D eigenvalue weighted by Gasteiger charge is -2.12. The molecule has 0 saturated carbocycles. The van der Waals surface area contributed by atoms with Crippen molar-refractivity contribution in [3.8, 4) is 0 Å². The summed E-state index contributed by atoms with van der Waals surface area (Å²) >= 11 is 0. The third kappa shape index (κ3) is 1.61. The minimum atomic E-state index is -0.831. The Morgan fingerprint density at radius 2 is 2.00 bits per heavy atom. The Morgan fingerprint density at radius 3 is 2.78 bits per heavy atom. The van der Waals surface area contributed by atoms with Gasteiger partial charge in [0.05, 0.1) is 11.7 Å². The molecule has 3 rings (SSSR count). The summed E-state index contributed by atoms with van der Waals surface area (Å²) in [6, 6.07) is 9.50. The number of anilines is 1. The van der Waals surface area contributed by atoms with Gasteiger partial charge in [0.1, 0.15) is 11.9 Å². The fourth-order valence-electron chi connectivity index (χ4n) is 2.04. The SMILES string of the molecule is Nc1[nH]ncc1C(O)c1cccc2cccnc12. The van der Waals surface area contributed by atoms with Crippen molar-refractivity contribution in [1.82, 2.24) is 15.2 Å². The number of nitrogen functional groups attached to an aromatic ring is 1. The number of aromatic amines is 1. The summed E-state index contributed by atoms with van der Waals surface area (Å²) in [6.07, 6.45) is 2.40.